The van der Waals surface area contributed by atoms with Crippen LogP contribution in [0.4, 0.5) is 26.3 Å². The van der Waals surface area contributed by atoms with Crippen molar-refractivity contribution >= 4 is 0 Å². The van der Waals surface area contributed by atoms with Crippen LogP contribution in [0.5, 0.6) is 5.75 Å². The first-order valence-corrected chi connectivity index (χ1v) is 14.6. The summed E-state index contributed by atoms with van der Waals surface area (Å²) in [5, 5.41) is 0. The fraction of sp³-hybridized carbons (Fsp3) is 0.625. The molecule has 2 atom stereocenters. The summed E-state index contributed by atoms with van der Waals surface area (Å²) in [7, 11) is 0. The molecule has 0 fully saturated rings. The van der Waals surface area contributed by atoms with E-state index in [0.717, 1.165) is 57.4 Å². The second-order valence-electron chi connectivity index (χ2n) is 11.1. The van der Waals surface area contributed by atoms with Gasteiger partial charge in [0.1, 0.15) is 0 Å². The van der Waals surface area contributed by atoms with E-state index in [1.54, 1.807) is 0 Å². The van der Waals surface area contributed by atoms with Crippen LogP contribution < -0.4 is 4.74 Å². The van der Waals surface area contributed by atoms with Gasteiger partial charge in [-0.1, -0.05) is 84.3 Å². The number of rotatable bonds is 15. The molecule has 2 aromatic carbocycles. The van der Waals surface area contributed by atoms with Gasteiger partial charge in [0.15, 0.2) is 23.2 Å². The second kappa shape index (κ2) is 14.5. The first-order chi connectivity index (χ1) is 18.6. The Morgan fingerprint density at radius 1 is 0.872 bits per heavy atom. The van der Waals surface area contributed by atoms with Gasteiger partial charge in [-0.15, -0.1) is 0 Å². The molecule has 1 aliphatic carbocycles. The zero-order chi connectivity index (χ0) is 28.6. The molecule has 0 saturated carbocycles. The van der Waals surface area contributed by atoms with E-state index in [1.807, 2.05) is 0 Å². The first kappa shape index (κ1) is 31.3. The zero-order valence-electron chi connectivity index (χ0n) is 23.5. The largest absolute Gasteiger partial charge is 0.490 e. The Hall–Kier alpha value is -2.18. The molecular weight excluding hydrogens is 514 g/mol. The lowest BCUT2D eigenvalue weighted by molar-refractivity contribution is -0.0485. The van der Waals surface area contributed by atoms with Crippen LogP contribution in [0.2, 0.25) is 0 Å². The van der Waals surface area contributed by atoms with E-state index in [4.69, 9.17) is 4.74 Å². The summed E-state index contributed by atoms with van der Waals surface area (Å²) < 4.78 is 96.4. The number of aryl methyl sites for hydroxylation is 2. The summed E-state index contributed by atoms with van der Waals surface area (Å²) >= 11 is 0. The van der Waals surface area contributed by atoms with E-state index in [-0.39, 0.29) is 36.3 Å². The maximum absolute atomic E-state index is 15.6. The van der Waals surface area contributed by atoms with Crippen molar-refractivity contribution in [3.63, 3.8) is 0 Å². The highest BCUT2D eigenvalue weighted by Crippen LogP contribution is 2.52. The Bertz CT molecular complexity index is 1080. The first-order valence-electron chi connectivity index (χ1n) is 14.6. The van der Waals surface area contributed by atoms with Crippen LogP contribution in [0.15, 0.2) is 18.2 Å². The van der Waals surface area contributed by atoms with E-state index < -0.39 is 46.2 Å². The topological polar surface area (TPSA) is 9.23 Å². The molecule has 0 amide bonds. The average molecular weight is 557 g/mol. The maximum atomic E-state index is 15.6. The van der Waals surface area contributed by atoms with Gasteiger partial charge in [0.05, 0.1) is 18.1 Å². The van der Waals surface area contributed by atoms with Gasteiger partial charge < -0.3 is 4.74 Å². The third-order valence-corrected chi connectivity index (χ3v) is 8.14. The summed E-state index contributed by atoms with van der Waals surface area (Å²) in [6, 6.07) is 3.66. The number of ether oxygens (including phenoxy) is 1. The Kier molecular flexibility index (Phi) is 11.6. The zero-order valence-corrected chi connectivity index (χ0v) is 23.5. The van der Waals surface area contributed by atoms with Gasteiger partial charge in [0, 0.05) is 5.56 Å². The van der Waals surface area contributed by atoms with Crippen molar-refractivity contribution in [2.24, 2.45) is 5.92 Å². The predicted octanol–water partition coefficient (Wildman–Crippen LogP) is 10.6. The number of hydrogen-bond donors (Lipinski definition) is 0. The quantitative estimate of drug-likeness (QED) is 0.157. The van der Waals surface area contributed by atoms with Crippen LogP contribution in [0.25, 0.3) is 0 Å². The normalized spacial score (nSPS) is 17.2. The van der Waals surface area contributed by atoms with Gasteiger partial charge in [-0.2, -0.15) is 4.39 Å². The van der Waals surface area contributed by atoms with Crippen molar-refractivity contribution in [1.82, 2.24) is 0 Å². The smallest absolute Gasteiger partial charge is 0.283 e. The Morgan fingerprint density at radius 3 is 2.31 bits per heavy atom. The molecule has 0 radical (unpaired) electrons. The number of hydrogen-bond acceptors (Lipinski definition) is 1. The minimum Gasteiger partial charge on any atom is -0.490 e. The number of fused-ring (bicyclic) bond motifs is 1. The molecule has 0 bridgehead atoms. The third kappa shape index (κ3) is 7.52. The van der Waals surface area contributed by atoms with E-state index in [1.165, 1.54) is 12.1 Å². The minimum atomic E-state index is -3.92. The number of halogens is 6. The molecular formula is C32H42F6O. The Labute approximate surface area is 229 Å². The molecule has 218 valence electrons. The summed E-state index contributed by atoms with van der Waals surface area (Å²) in [6.45, 7) is 6.51. The fourth-order valence-electron chi connectivity index (χ4n) is 5.46. The van der Waals surface area contributed by atoms with Crippen LogP contribution in [0.1, 0.15) is 120 Å². The molecule has 0 N–H and O–H groups in total. The van der Waals surface area contributed by atoms with Crippen LogP contribution in [0.3, 0.4) is 0 Å². The lowest BCUT2D eigenvalue weighted by Crippen LogP contribution is -2.32. The summed E-state index contributed by atoms with van der Waals surface area (Å²) in [5.74, 6) is -11.2. The fourth-order valence-corrected chi connectivity index (χ4v) is 5.46. The summed E-state index contributed by atoms with van der Waals surface area (Å²) in [5.41, 5.74) is -1.51. The van der Waals surface area contributed by atoms with Crippen molar-refractivity contribution in [1.29, 1.82) is 0 Å². The van der Waals surface area contributed by atoms with Gasteiger partial charge in [-0.3, -0.25) is 0 Å². The predicted molar refractivity (Wildman–Crippen MR) is 144 cm³/mol. The monoisotopic (exact) mass is 556 g/mol. The molecule has 0 saturated heterocycles. The third-order valence-electron chi connectivity index (χ3n) is 8.14. The number of benzene rings is 2. The van der Waals surface area contributed by atoms with Gasteiger partial charge >= 0.3 is 0 Å². The van der Waals surface area contributed by atoms with Gasteiger partial charge in [-0.05, 0) is 55.2 Å². The number of alkyl halides is 2. The van der Waals surface area contributed by atoms with Crippen LogP contribution >= 0.6 is 0 Å². The van der Waals surface area contributed by atoms with E-state index in [2.05, 4.69) is 20.8 Å². The van der Waals surface area contributed by atoms with Gasteiger partial charge in [0.25, 0.3) is 5.92 Å². The summed E-state index contributed by atoms with van der Waals surface area (Å²) in [6.07, 6.45) is 9.53. The Morgan fingerprint density at radius 2 is 1.59 bits per heavy atom. The summed E-state index contributed by atoms with van der Waals surface area (Å²) in [4.78, 5) is 0. The molecule has 1 nitrogen and oxygen atoms in total. The lowest BCUT2D eigenvalue weighted by Gasteiger charge is -2.34. The molecule has 0 heterocycles. The minimum absolute atomic E-state index is 0.0292. The molecule has 0 aliphatic heterocycles. The van der Waals surface area contributed by atoms with Gasteiger partial charge in [0.2, 0.25) is 5.82 Å². The van der Waals surface area contributed by atoms with Crippen molar-refractivity contribution in [3.8, 4) is 5.75 Å². The highest BCUT2D eigenvalue weighted by Gasteiger charge is 2.50. The molecule has 7 heteroatoms. The molecule has 0 spiro atoms. The second-order valence-corrected chi connectivity index (χ2v) is 11.1. The number of unbranched alkanes of at least 4 members (excludes halogenated alkanes) is 6. The lowest BCUT2D eigenvalue weighted by atomic mass is 9.76. The van der Waals surface area contributed by atoms with Crippen LogP contribution in [-0.4, -0.2) is 6.61 Å². The standard InChI is InChI=1S/C32H42F6O/c1-4-6-7-8-9-12-19-39-26-20-23-16-18-25(32(37,38)27(23)31(36)30(26)35)24-17-15-22(28(33)29(24)34)14-11-10-13-21(3)5-2/h15,17,20-21,25H,4-14,16,18-19H2,1-3H3. The van der Waals surface area contributed by atoms with Crippen molar-refractivity contribution in [3.05, 3.63) is 63.7 Å². The van der Waals surface area contributed by atoms with Crippen LogP contribution in [-0.2, 0) is 18.8 Å². The van der Waals surface area contributed by atoms with Crippen molar-refractivity contribution in [2.45, 2.75) is 116 Å². The van der Waals surface area contributed by atoms with Crippen molar-refractivity contribution in [2.75, 3.05) is 6.61 Å². The highest BCUT2D eigenvalue weighted by molar-refractivity contribution is 5.45. The molecule has 39 heavy (non-hydrogen) atoms. The van der Waals surface area contributed by atoms with E-state index >= 15 is 17.6 Å². The molecule has 3 rings (SSSR count). The van der Waals surface area contributed by atoms with E-state index in [0.29, 0.717) is 25.2 Å². The maximum Gasteiger partial charge on any atom is 0.283 e. The van der Waals surface area contributed by atoms with Crippen LogP contribution in [0, 0.1) is 29.2 Å². The van der Waals surface area contributed by atoms with E-state index in [9.17, 15) is 8.78 Å². The molecule has 2 aromatic rings. The molecule has 2 unspecified atom stereocenters. The SMILES string of the molecule is CCCCCCCCOc1cc2c(c(F)c1F)C(F)(F)C(c1ccc(CCCCC(C)CC)c(F)c1F)CC2. The average Bonchev–Trinajstić information content (AvgIpc) is 2.91. The molecule has 1 aliphatic rings. The Balaban J connectivity index is 1.73. The van der Waals surface area contributed by atoms with Gasteiger partial charge in [-0.25, -0.2) is 22.0 Å². The molecule has 0 aromatic heterocycles. The van der Waals surface area contributed by atoms with Crippen molar-refractivity contribution < 1.29 is 31.1 Å². The highest BCUT2D eigenvalue weighted by atomic mass is 19.3.